The molecule has 0 aromatic heterocycles. The summed E-state index contributed by atoms with van der Waals surface area (Å²) in [4.78, 5) is 12.3. The van der Waals surface area contributed by atoms with E-state index in [0.29, 0.717) is 30.2 Å². The quantitative estimate of drug-likeness (QED) is 0.828. The minimum atomic E-state index is -0.214. The number of hydrogen-bond donors (Lipinski definition) is 2. The molecule has 1 heterocycles. The van der Waals surface area contributed by atoms with Crippen molar-refractivity contribution in [3.63, 3.8) is 0 Å². The normalized spacial score (nSPS) is 17.7. The van der Waals surface area contributed by atoms with Crippen LogP contribution in [0.25, 0.3) is 0 Å². The van der Waals surface area contributed by atoms with E-state index in [9.17, 15) is 4.79 Å². The average molecular weight is 287 g/mol. The van der Waals surface area contributed by atoms with E-state index in [1.165, 1.54) is 0 Å². The number of aliphatic hydroxyl groups is 1. The number of rotatable bonds is 3. The van der Waals surface area contributed by atoms with Crippen molar-refractivity contribution in [3.8, 4) is 11.8 Å². The Hall–Kier alpha value is -1.83. The Balaban J connectivity index is 2.04. The Kier molecular flexibility index (Phi) is 5.79. The smallest absolute Gasteiger partial charge is 0.252 e. The lowest BCUT2D eigenvalue weighted by atomic mass is 10.0. The van der Waals surface area contributed by atoms with Crippen LogP contribution < -0.4 is 5.32 Å². The van der Waals surface area contributed by atoms with Crippen LogP contribution in [0.5, 0.6) is 0 Å². The van der Waals surface area contributed by atoms with Gasteiger partial charge in [-0.25, -0.2) is 0 Å². The van der Waals surface area contributed by atoms with Crippen LogP contribution >= 0.6 is 0 Å². The molecule has 4 nitrogen and oxygen atoms in total. The largest absolute Gasteiger partial charge is 0.384 e. The van der Waals surface area contributed by atoms with Crippen molar-refractivity contribution >= 4 is 5.91 Å². The molecular formula is C17H21NO3. The molecule has 0 radical (unpaired) electrons. The van der Waals surface area contributed by atoms with Gasteiger partial charge in [-0.3, -0.25) is 4.79 Å². The van der Waals surface area contributed by atoms with Crippen molar-refractivity contribution in [1.29, 1.82) is 0 Å². The molecule has 1 amide bonds. The van der Waals surface area contributed by atoms with Crippen LogP contribution in [0.4, 0.5) is 0 Å². The zero-order valence-electron chi connectivity index (χ0n) is 12.3. The van der Waals surface area contributed by atoms with E-state index in [1.807, 2.05) is 25.1 Å². The molecule has 0 spiro atoms. The van der Waals surface area contributed by atoms with Crippen LogP contribution in [-0.4, -0.2) is 37.4 Å². The summed E-state index contributed by atoms with van der Waals surface area (Å²) in [7, 11) is 0. The highest BCUT2D eigenvalue weighted by atomic mass is 16.5. The predicted octanol–water partition coefficient (Wildman–Crippen LogP) is 1.50. The summed E-state index contributed by atoms with van der Waals surface area (Å²) >= 11 is 0. The third kappa shape index (κ3) is 4.59. The lowest BCUT2D eigenvalue weighted by molar-refractivity contribution is 0.0536. The second-order valence-electron chi connectivity index (χ2n) is 5.30. The first kappa shape index (κ1) is 15.6. The van der Waals surface area contributed by atoms with Gasteiger partial charge in [-0.2, -0.15) is 0 Å². The van der Waals surface area contributed by atoms with Crippen LogP contribution in [0, 0.1) is 24.7 Å². The predicted molar refractivity (Wildman–Crippen MR) is 81.0 cm³/mol. The van der Waals surface area contributed by atoms with Gasteiger partial charge in [0.1, 0.15) is 6.61 Å². The maximum absolute atomic E-state index is 12.3. The first-order valence-corrected chi connectivity index (χ1v) is 7.27. The molecule has 1 aliphatic heterocycles. The number of benzene rings is 1. The third-order valence-corrected chi connectivity index (χ3v) is 3.53. The minimum absolute atomic E-state index is 0.119. The number of aryl methyl sites for hydroxylation is 1. The summed E-state index contributed by atoms with van der Waals surface area (Å²) in [6, 6.07) is 5.55. The Morgan fingerprint density at radius 1 is 1.52 bits per heavy atom. The maximum Gasteiger partial charge on any atom is 0.252 e. The molecule has 1 fully saturated rings. The number of aliphatic hydroxyl groups excluding tert-OH is 1. The minimum Gasteiger partial charge on any atom is -0.384 e. The van der Waals surface area contributed by atoms with Crippen LogP contribution in [-0.2, 0) is 4.74 Å². The zero-order chi connectivity index (χ0) is 15.1. The maximum atomic E-state index is 12.3. The van der Waals surface area contributed by atoms with Gasteiger partial charge in [-0.15, -0.1) is 0 Å². The molecule has 1 unspecified atom stereocenters. The van der Waals surface area contributed by atoms with Gasteiger partial charge in [0, 0.05) is 18.7 Å². The highest BCUT2D eigenvalue weighted by Gasteiger charge is 2.16. The number of hydrogen-bond acceptors (Lipinski definition) is 3. The SMILES string of the molecule is Cc1ccc(C#CCO)c(C(=O)NCC2CCCOC2)c1. The Labute approximate surface area is 125 Å². The molecule has 112 valence electrons. The van der Waals surface area contributed by atoms with Gasteiger partial charge in [0.05, 0.1) is 12.2 Å². The molecule has 1 aromatic carbocycles. The molecule has 1 aromatic rings. The second kappa shape index (κ2) is 7.82. The molecule has 1 atom stereocenters. The van der Waals surface area contributed by atoms with Crippen LogP contribution in [0.3, 0.4) is 0 Å². The highest BCUT2D eigenvalue weighted by Crippen LogP contribution is 2.14. The van der Waals surface area contributed by atoms with Gasteiger partial charge in [0.2, 0.25) is 0 Å². The van der Waals surface area contributed by atoms with Crippen LogP contribution in [0.1, 0.15) is 34.3 Å². The fourth-order valence-corrected chi connectivity index (χ4v) is 2.39. The summed E-state index contributed by atoms with van der Waals surface area (Å²) in [5.74, 6) is 5.68. The topological polar surface area (TPSA) is 58.6 Å². The summed E-state index contributed by atoms with van der Waals surface area (Å²) in [5, 5.41) is 11.8. The van der Waals surface area contributed by atoms with Crippen molar-refractivity contribution in [2.45, 2.75) is 19.8 Å². The van der Waals surface area contributed by atoms with E-state index in [0.717, 1.165) is 25.0 Å². The Bertz CT molecular complexity index is 551. The van der Waals surface area contributed by atoms with Crippen molar-refractivity contribution in [3.05, 3.63) is 34.9 Å². The summed E-state index contributed by atoms with van der Waals surface area (Å²) in [6.07, 6.45) is 2.14. The van der Waals surface area contributed by atoms with Gasteiger partial charge in [0.25, 0.3) is 5.91 Å². The van der Waals surface area contributed by atoms with Crippen molar-refractivity contribution < 1.29 is 14.6 Å². The molecule has 4 heteroatoms. The van der Waals surface area contributed by atoms with Gasteiger partial charge < -0.3 is 15.2 Å². The number of nitrogens with one attached hydrogen (secondary N) is 1. The number of amides is 1. The molecular weight excluding hydrogens is 266 g/mol. The van der Waals surface area contributed by atoms with Gasteiger partial charge in [-0.1, -0.05) is 23.5 Å². The van der Waals surface area contributed by atoms with Crippen LogP contribution in [0.15, 0.2) is 18.2 Å². The van der Waals surface area contributed by atoms with Crippen molar-refractivity contribution in [2.75, 3.05) is 26.4 Å². The highest BCUT2D eigenvalue weighted by molar-refractivity contribution is 5.96. The number of ether oxygens (including phenoxy) is 1. The van der Waals surface area contributed by atoms with Gasteiger partial charge in [-0.05, 0) is 37.8 Å². The first-order chi connectivity index (χ1) is 10.2. The van der Waals surface area contributed by atoms with Gasteiger partial charge in [0.15, 0.2) is 0 Å². The van der Waals surface area contributed by atoms with E-state index in [-0.39, 0.29) is 12.5 Å². The van der Waals surface area contributed by atoms with Crippen LogP contribution in [0.2, 0.25) is 0 Å². The zero-order valence-corrected chi connectivity index (χ0v) is 12.3. The first-order valence-electron chi connectivity index (χ1n) is 7.27. The average Bonchev–Trinajstić information content (AvgIpc) is 2.52. The molecule has 1 saturated heterocycles. The number of carbonyl (C=O) groups excluding carboxylic acids is 1. The second-order valence-corrected chi connectivity index (χ2v) is 5.30. The molecule has 1 aliphatic rings. The van der Waals surface area contributed by atoms with E-state index < -0.39 is 0 Å². The summed E-state index contributed by atoms with van der Waals surface area (Å²) < 4.78 is 5.41. The molecule has 21 heavy (non-hydrogen) atoms. The number of carbonyl (C=O) groups is 1. The Morgan fingerprint density at radius 2 is 2.38 bits per heavy atom. The molecule has 0 bridgehead atoms. The Morgan fingerprint density at radius 3 is 3.10 bits per heavy atom. The monoisotopic (exact) mass is 287 g/mol. The fourth-order valence-electron chi connectivity index (χ4n) is 2.39. The van der Waals surface area contributed by atoms with E-state index in [4.69, 9.17) is 9.84 Å². The van der Waals surface area contributed by atoms with E-state index in [1.54, 1.807) is 0 Å². The fraction of sp³-hybridized carbons (Fsp3) is 0.471. The molecule has 2 N–H and O–H groups in total. The summed E-state index contributed by atoms with van der Waals surface area (Å²) in [6.45, 7) is 3.89. The van der Waals surface area contributed by atoms with Crippen molar-refractivity contribution in [2.24, 2.45) is 5.92 Å². The van der Waals surface area contributed by atoms with E-state index in [2.05, 4.69) is 17.2 Å². The van der Waals surface area contributed by atoms with Gasteiger partial charge >= 0.3 is 0 Å². The molecule has 2 rings (SSSR count). The molecule has 0 saturated carbocycles. The third-order valence-electron chi connectivity index (χ3n) is 3.53. The van der Waals surface area contributed by atoms with E-state index >= 15 is 0 Å². The molecule has 0 aliphatic carbocycles. The van der Waals surface area contributed by atoms with Crippen molar-refractivity contribution in [1.82, 2.24) is 5.32 Å². The summed E-state index contributed by atoms with van der Waals surface area (Å²) in [5.41, 5.74) is 2.22. The lowest BCUT2D eigenvalue weighted by Gasteiger charge is -2.22. The standard InChI is InChI=1S/C17H21NO3/c1-13-6-7-15(5-2-8-19)16(10-13)17(20)18-11-14-4-3-9-21-12-14/h6-7,10,14,19H,3-4,8-9,11-12H2,1H3,(H,18,20). The lowest BCUT2D eigenvalue weighted by Crippen LogP contribution is -2.33.